The van der Waals surface area contributed by atoms with E-state index in [1.807, 2.05) is 0 Å². The molecule has 0 saturated carbocycles. The van der Waals surface area contributed by atoms with Gasteiger partial charge in [-0.15, -0.1) is 0 Å². The molecule has 0 amide bonds. The Morgan fingerprint density at radius 1 is 1.28 bits per heavy atom. The van der Waals surface area contributed by atoms with Crippen LogP contribution in [0.25, 0.3) is 11.1 Å². The molecule has 0 spiro atoms. The number of hydrogen-bond donors (Lipinski definition) is 1. The lowest BCUT2D eigenvalue weighted by atomic mass is 10.3. The summed E-state index contributed by atoms with van der Waals surface area (Å²) in [7, 11) is 0. The first-order chi connectivity index (χ1) is 8.74. The molecule has 2 aromatic heterocycles. The van der Waals surface area contributed by atoms with Gasteiger partial charge in [0.05, 0.1) is 4.47 Å². The third-order valence-corrected chi connectivity index (χ3v) is 3.06. The number of nitrogens with one attached hydrogen (secondary N) is 1. The fourth-order valence-electron chi connectivity index (χ4n) is 1.57. The van der Waals surface area contributed by atoms with Crippen molar-refractivity contribution in [3.05, 3.63) is 46.8 Å². The van der Waals surface area contributed by atoms with Crippen molar-refractivity contribution in [3.8, 4) is 0 Å². The number of halogens is 2. The highest BCUT2D eigenvalue weighted by Crippen LogP contribution is 2.25. The topological polar surface area (TPSA) is 51.0 Å². The van der Waals surface area contributed by atoms with Gasteiger partial charge in [0, 0.05) is 11.9 Å². The van der Waals surface area contributed by atoms with E-state index < -0.39 is 0 Å². The molecule has 90 valence electrons. The SMILES string of the molecule is Fc1cc(Nc2noc3cccnc23)ccc1Br. The molecule has 0 atom stereocenters. The molecule has 3 rings (SSSR count). The summed E-state index contributed by atoms with van der Waals surface area (Å²) in [5, 5.41) is 6.83. The second-order valence-corrected chi connectivity index (χ2v) is 4.49. The van der Waals surface area contributed by atoms with Crippen LogP contribution >= 0.6 is 15.9 Å². The Morgan fingerprint density at radius 3 is 3.00 bits per heavy atom. The summed E-state index contributed by atoms with van der Waals surface area (Å²) in [6, 6.07) is 8.25. The first-order valence-electron chi connectivity index (χ1n) is 5.16. The third kappa shape index (κ3) is 1.95. The minimum Gasteiger partial charge on any atom is -0.352 e. The van der Waals surface area contributed by atoms with Gasteiger partial charge in [-0.1, -0.05) is 5.16 Å². The first-order valence-corrected chi connectivity index (χ1v) is 5.96. The van der Waals surface area contributed by atoms with Gasteiger partial charge in [-0.3, -0.25) is 0 Å². The van der Waals surface area contributed by atoms with Crippen LogP contribution in [0.4, 0.5) is 15.9 Å². The molecule has 3 aromatic rings. The van der Waals surface area contributed by atoms with Crippen LogP contribution in [-0.2, 0) is 0 Å². The Morgan fingerprint density at radius 2 is 2.17 bits per heavy atom. The Hall–Kier alpha value is -1.95. The lowest BCUT2D eigenvalue weighted by molar-refractivity contribution is 0.460. The maximum Gasteiger partial charge on any atom is 0.200 e. The number of aromatic nitrogens is 2. The van der Waals surface area contributed by atoms with E-state index in [1.165, 1.54) is 6.07 Å². The summed E-state index contributed by atoms with van der Waals surface area (Å²) in [6.45, 7) is 0. The number of benzene rings is 1. The van der Waals surface area contributed by atoms with Gasteiger partial charge in [-0.05, 0) is 46.3 Å². The summed E-state index contributed by atoms with van der Waals surface area (Å²) < 4.78 is 18.9. The fourth-order valence-corrected chi connectivity index (χ4v) is 1.82. The van der Waals surface area contributed by atoms with Crippen molar-refractivity contribution in [1.29, 1.82) is 0 Å². The normalized spacial score (nSPS) is 10.8. The van der Waals surface area contributed by atoms with Crippen molar-refractivity contribution in [3.63, 3.8) is 0 Å². The zero-order valence-corrected chi connectivity index (χ0v) is 10.6. The van der Waals surface area contributed by atoms with Crippen LogP contribution in [0.15, 0.2) is 45.5 Å². The van der Waals surface area contributed by atoms with E-state index >= 15 is 0 Å². The number of hydrogen-bond acceptors (Lipinski definition) is 4. The van der Waals surface area contributed by atoms with E-state index in [1.54, 1.807) is 30.5 Å². The molecular weight excluding hydrogens is 301 g/mol. The van der Waals surface area contributed by atoms with Crippen molar-refractivity contribution in [2.75, 3.05) is 5.32 Å². The Labute approximate surface area is 110 Å². The van der Waals surface area contributed by atoms with E-state index in [-0.39, 0.29) is 5.82 Å². The lowest BCUT2D eigenvalue weighted by Crippen LogP contribution is -1.92. The predicted molar refractivity (Wildman–Crippen MR) is 69.2 cm³/mol. The highest BCUT2D eigenvalue weighted by molar-refractivity contribution is 9.10. The molecule has 0 aliphatic heterocycles. The standard InChI is InChI=1S/C12H7BrFN3O/c13-8-4-3-7(6-9(8)14)16-12-11-10(18-17-12)2-1-5-15-11/h1-6H,(H,16,17). The molecule has 18 heavy (non-hydrogen) atoms. The predicted octanol–water partition coefficient (Wildman–Crippen LogP) is 3.87. The number of pyridine rings is 1. The molecule has 0 aliphatic rings. The molecule has 0 radical (unpaired) electrons. The van der Waals surface area contributed by atoms with Crippen LogP contribution < -0.4 is 5.32 Å². The van der Waals surface area contributed by atoms with Gasteiger partial charge in [0.2, 0.25) is 0 Å². The van der Waals surface area contributed by atoms with Crippen LogP contribution in [-0.4, -0.2) is 10.1 Å². The van der Waals surface area contributed by atoms with Gasteiger partial charge in [0.1, 0.15) is 5.82 Å². The van der Waals surface area contributed by atoms with Gasteiger partial charge < -0.3 is 9.84 Å². The van der Waals surface area contributed by atoms with Crippen LogP contribution in [0.5, 0.6) is 0 Å². The summed E-state index contributed by atoms with van der Waals surface area (Å²) in [4.78, 5) is 4.16. The molecule has 1 N–H and O–H groups in total. The van der Waals surface area contributed by atoms with Crippen LogP contribution in [0, 0.1) is 5.82 Å². The van der Waals surface area contributed by atoms with Crippen molar-refractivity contribution in [2.45, 2.75) is 0 Å². The molecule has 4 nitrogen and oxygen atoms in total. The summed E-state index contributed by atoms with van der Waals surface area (Å²) in [5.74, 6) is 0.119. The van der Waals surface area contributed by atoms with Crippen molar-refractivity contribution >= 4 is 38.5 Å². The van der Waals surface area contributed by atoms with Crippen molar-refractivity contribution < 1.29 is 8.91 Å². The van der Waals surface area contributed by atoms with Gasteiger partial charge in [-0.2, -0.15) is 0 Å². The summed E-state index contributed by atoms with van der Waals surface area (Å²) in [5.41, 5.74) is 1.77. The monoisotopic (exact) mass is 307 g/mol. The second-order valence-electron chi connectivity index (χ2n) is 3.64. The zero-order valence-electron chi connectivity index (χ0n) is 9.02. The fraction of sp³-hybridized carbons (Fsp3) is 0. The van der Waals surface area contributed by atoms with E-state index in [2.05, 4.69) is 31.4 Å². The molecule has 0 bridgehead atoms. The van der Waals surface area contributed by atoms with E-state index in [0.717, 1.165) is 0 Å². The minimum atomic E-state index is -0.347. The smallest absolute Gasteiger partial charge is 0.200 e. The summed E-state index contributed by atoms with van der Waals surface area (Å²) >= 11 is 3.10. The highest BCUT2D eigenvalue weighted by atomic mass is 79.9. The average Bonchev–Trinajstić information content (AvgIpc) is 2.78. The van der Waals surface area contributed by atoms with Crippen molar-refractivity contribution in [2.24, 2.45) is 0 Å². The maximum absolute atomic E-state index is 13.4. The molecule has 0 aliphatic carbocycles. The minimum absolute atomic E-state index is 0.347. The Bertz CT molecular complexity index is 713. The van der Waals surface area contributed by atoms with Gasteiger partial charge in [-0.25, -0.2) is 9.37 Å². The average molecular weight is 308 g/mol. The molecule has 0 unspecified atom stereocenters. The van der Waals surface area contributed by atoms with E-state index in [0.29, 0.717) is 27.1 Å². The largest absolute Gasteiger partial charge is 0.352 e. The number of anilines is 2. The second kappa shape index (κ2) is 4.38. The van der Waals surface area contributed by atoms with Crippen LogP contribution in [0.1, 0.15) is 0 Å². The molecule has 0 saturated heterocycles. The molecule has 6 heteroatoms. The number of fused-ring (bicyclic) bond motifs is 1. The Kier molecular flexibility index (Phi) is 2.71. The van der Waals surface area contributed by atoms with Crippen LogP contribution in [0.2, 0.25) is 0 Å². The molecule has 1 aromatic carbocycles. The van der Waals surface area contributed by atoms with E-state index in [4.69, 9.17) is 4.52 Å². The lowest BCUT2D eigenvalue weighted by Gasteiger charge is -2.03. The van der Waals surface area contributed by atoms with Gasteiger partial charge >= 0.3 is 0 Å². The quantitative estimate of drug-likeness (QED) is 0.781. The van der Waals surface area contributed by atoms with Crippen LogP contribution in [0.3, 0.4) is 0 Å². The molecular formula is C12H7BrFN3O. The van der Waals surface area contributed by atoms with Gasteiger partial charge in [0.25, 0.3) is 0 Å². The Balaban J connectivity index is 1.98. The van der Waals surface area contributed by atoms with Crippen molar-refractivity contribution in [1.82, 2.24) is 10.1 Å². The zero-order chi connectivity index (χ0) is 12.5. The molecule has 2 heterocycles. The highest BCUT2D eigenvalue weighted by Gasteiger charge is 2.09. The van der Waals surface area contributed by atoms with Gasteiger partial charge in [0.15, 0.2) is 16.9 Å². The summed E-state index contributed by atoms with van der Waals surface area (Å²) in [6.07, 6.45) is 1.65. The third-order valence-electron chi connectivity index (χ3n) is 2.41. The maximum atomic E-state index is 13.4. The first kappa shape index (κ1) is 11.2. The van der Waals surface area contributed by atoms with E-state index in [9.17, 15) is 4.39 Å². The number of nitrogens with zero attached hydrogens (tertiary/aromatic N) is 2. The molecule has 0 fully saturated rings. The number of rotatable bonds is 2.